The van der Waals surface area contributed by atoms with Gasteiger partial charge in [0.05, 0.1) is 10.4 Å². The fraction of sp³-hybridized carbons (Fsp3) is 0.333. The Labute approximate surface area is 109 Å². The maximum absolute atomic E-state index is 13.4. The van der Waals surface area contributed by atoms with Gasteiger partial charge in [-0.3, -0.25) is 4.79 Å². The van der Waals surface area contributed by atoms with Crippen LogP contribution in [0.2, 0.25) is 0 Å². The summed E-state index contributed by atoms with van der Waals surface area (Å²) in [4.78, 5) is 12.0. The number of anilines is 1. The van der Waals surface area contributed by atoms with Gasteiger partial charge in [0.1, 0.15) is 17.3 Å². The van der Waals surface area contributed by atoms with Gasteiger partial charge in [0.25, 0.3) is 0 Å². The van der Waals surface area contributed by atoms with Gasteiger partial charge in [-0.15, -0.1) is 0 Å². The molecule has 1 aromatic carbocycles. The Balaban J connectivity index is 3.05. The van der Waals surface area contributed by atoms with Crippen molar-refractivity contribution in [3.63, 3.8) is 0 Å². The van der Waals surface area contributed by atoms with Crippen LogP contribution in [-0.2, 0) is 4.79 Å². The summed E-state index contributed by atoms with van der Waals surface area (Å²) >= 11 is 4.82. The monoisotopic (exact) mass is 272 g/mol. The number of thiocarbonyl (C=S) groups is 1. The minimum absolute atomic E-state index is 0.0146. The molecule has 0 aliphatic heterocycles. The van der Waals surface area contributed by atoms with Crippen LogP contribution in [0.5, 0.6) is 0 Å². The highest BCUT2D eigenvalue weighted by molar-refractivity contribution is 7.80. The number of hydrogen-bond acceptors (Lipinski definition) is 2. The number of para-hydroxylation sites is 1. The maximum atomic E-state index is 13.4. The van der Waals surface area contributed by atoms with E-state index in [0.717, 1.165) is 12.1 Å². The van der Waals surface area contributed by atoms with Crippen LogP contribution in [-0.4, -0.2) is 10.9 Å². The summed E-state index contributed by atoms with van der Waals surface area (Å²) < 4.78 is 26.8. The molecule has 1 aromatic rings. The van der Waals surface area contributed by atoms with Crippen LogP contribution >= 0.6 is 12.2 Å². The molecule has 0 fully saturated rings. The lowest BCUT2D eigenvalue weighted by Crippen LogP contribution is -2.43. The molecule has 3 N–H and O–H groups in total. The summed E-state index contributed by atoms with van der Waals surface area (Å²) in [6, 6.07) is 3.33. The van der Waals surface area contributed by atoms with Crippen LogP contribution in [0.25, 0.3) is 0 Å². The van der Waals surface area contributed by atoms with E-state index in [4.69, 9.17) is 18.0 Å². The first kappa shape index (κ1) is 14.5. The Hall–Kier alpha value is -1.56. The van der Waals surface area contributed by atoms with Gasteiger partial charge in [0.2, 0.25) is 5.91 Å². The number of nitrogens with two attached hydrogens (primary N) is 1. The number of carbonyl (C=O) groups excluding carboxylic acids is 1. The van der Waals surface area contributed by atoms with E-state index in [2.05, 4.69) is 5.32 Å². The third-order valence-electron chi connectivity index (χ3n) is 2.95. The van der Waals surface area contributed by atoms with E-state index in [1.807, 2.05) is 0 Å². The molecule has 0 saturated heterocycles. The van der Waals surface area contributed by atoms with Gasteiger partial charge in [-0.2, -0.15) is 0 Å². The van der Waals surface area contributed by atoms with Gasteiger partial charge >= 0.3 is 0 Å². The second kappa shape index (κ2) is 5.39. The van der Waals surface area contributed by atoms with E-state index < -0.39 is 28.6 Å². The fourth-order valence-electron chi connectivity index (χ4n) is 1.32. The molecule has 1 unspecified atom stereocenters. The Morgan fingerprint density at radius 2 is 1.94 bits per heavy atom. The fourth-order valence-corrected chi connectivity index (χ4v) is 1.55. The zero-order chi connectivity index (χ0) is 13.9. The van der Waals surface area contributed by atoms with Crippen molar-refractivity contribution in [1.29, 1.82) is 0 Å². The predicted molar refractivity (Wildman–Crippen MR) is 70.2 cm³/mol. The number of benzene rings is 1. The van der Waals surface area contributed by atoms with Crippen LogP contribution in [0.1, 0.15) is 20.3 Å². The minimum Gasteiger partial charge on any atom is -0.392 e. The molecule has 0 spiro atoms. The van der Waals surface area contributed by atoms with Crippen molar-refractivity contribution in [3.8, 4) is 0 Å². The van der Waals surface area contributed by atoms with E-state index in [9.17, 15) is 13.6 Å². The molecule has 0 aliphatic rings. The molecule has 0 radical (unpaired) electrons. The number of halogens is 2. The average Bonchev–Trinajstić information content (AvgIpc) is 2.32. The molecular formula is C12H14F2N2OS. The lowest BCUT2D eigenvalue weighted by atomic mass is 9.86. The lowest BCUT2D eigenvalue weighted by Gasteiger charge is -2.25. The van der Waals surface area contributed by atoms with Gasteiger partial charge in [-0.25, -0.2) is 8.78 Å². The molecule has 1 atom stereocenters. The Bertz CT molecular complexity index is 473. The predicted octanol–water partition coefficient (Wildman–Crippen LogP) is 2.61. The summed E-state index contributed by atoms with van der Waals surface area (Å²) in [5.74, 6) is -2.31. The van der Waals surface area contributed by atoms with Crippen molar-refractivity contribution in [1.82, 2.24) is 0 Å². The van der Waals surface area contributed by atoms with Crippen molar-refractivity contribution < 1.29 is 13.6 Å². The number of rotatable bonds is 4. The number of amides is 1. The molecule has 0 bridgehead atoms. The van der Waals surface area contributed by atoms with E-state index in [1.165, 1.54) is 13.0 Å². The minimum atomic E-state index is -1.13. The second-order valence-corrected chi connectivity index (χ2v) is 4.54. The normalized spacial score (nSPS) is 13.8. The first-order chi connectivity index (χ1) is 8.32. The highest BCUT2D eigenvalue weighted by atomic mass is 32.1. The second-order valence-electron chi connectivity index (χ2n) is 4.10. The quantitative estimate of drug-likeness (QED) is 0.828. The van der Waals surface area contributed by atoms with Crippen molar-refractivity contribution in [2.75, 3.05) is 5.32 Å². The standard InChI is InChI=1S/C12H14F2N2OS/c1-3-12(2,10(15)18)11(17)16-9-7(13)5-4-6-8(9)14/h4-6H,3H2,1-2H3,(H2,15,18)(H,16,17). The van der Waals surface area contributed by atoms with E-state index in [0.29, 0.717) is 6.42 Å². The van der Waals surface area contributed by atoms with Crippen LogP contribution < -0.4 is 11.1 Å². The highest BCUT2D eigenvalue weighted by Crippen LogP contribution is 2.26. The average molecular weight is 272 g/mol. The first-order valence-electron chi connectivity index (χ1n) is 5.38. The molecule has 3 nitrogen and oxygen atoms in total. The van der Waals surface area contributed by atoms with Gasteiger partial charge in [-0.1, -0.05) is 25.2 Å². The van der Waals surface area contributed by atoms with E-state index in [-0.39, 0.29) is 4.99 Å². The van der Waals surface area contributed by atoms with Crippen LogP contribution in [0.4, 0.5) is 14.5 Å². The van der Waals surface area contributed by atoms with Crippen LogP contribution in [0.3, 0.4) is 0 Å². The number of carbonyl (C=O) groups is 1. The zero-order valence-electron chi connectivity index (χ0n) is 10.1. The summed E-state index contributed by atoms with van der Waals surface area (Å²) in [7, 11) is 0. The van der Waals surface area contributed by atoms with Gasteiger partial charge in [0.15, 0.2) is 0 Å². The SMILES string of the molecule is CCC(C)(C(=O)Nc1c(F)cccc1F)C(N)=S. The molecule has 1 rings (SSSR count). The van der Waals surface area contributed by atoms with Gasteiger partial charge < -0.3 is 11.1 Å². The van der Waals surface area contributed by atoms with Gasteiger partial charge in [0, 0.05) is 0 Å². The molecule has 0 aliphatic carbocycles. The van der Waals surface area contributed by atoms with Crippen molar-refractivity contribution in [2.24, 2.45) is 11.1 Å². The van der Waals surface area contributed by atoms with Gasteiger partial charge in [-0.05, 0) is 25.5 Å². The number of nitrogens with one attached hydrogen (secondary N) is 1. The number of hydrogen-bond donors (Lipinski definition) is 2. The highest BCUT2D eigenvalue weighted by Gasteiger charge is 2.35. The Kier molecular flexibility index (Phi) is 4.34. The molecule has 1 amide bonds. The summed E-state index contributed by atoms with van der Waals surface area (Å²) in [6.45, 7) is 3.25. The topological polar surface area (TPSA) is 55.1 Å². The van der Waals surface area contributed by atoms with E-state index >= 15 is 0 Å². The maximum Gasteiger partial charge on any atom is 0.237 e. The Morgan fingerprint density at radius 3 is 2.33 bits per heavy atom. The largest absolute Gasteiger partial charge is 0.392 e. The summed E-state index contributed by atoms with van der Waals surface area (Å²) in [5.41, 5.74) is 3.87. The smallest absolute Gasteiger partial charge is 0.237 e. The van der Waals surface area contributed by atoms with E-state index in [1.54, 1.807) is 6.92 Å². The van der Waals surface area contributed by atoms with Crippen molar-refractivity contribution in [2.45, 2.75) is 20.3 Å². The Morgan fingerprint density at radius 1 is 1.44 bits per heavy atom. The summed E-state index contributed by atoms with van der Waals surface area (Å²) in [6.07, 6.45) is 0.338. The zero-order valence-corrected chi connectivity index (χ0v) is 10.9. The van der Waals surface area contributed by atoms with Crippen molar-refractivity contribution >= 4 is 28.8 Å². The molecular weight excluding hydrogens is 258 g/mol. The molecule has 98 valence electrons. The third kappa shape index (κ3) is 2.64. The van der Waals surface area contributed by atoms with Crippen LogP contribution in [0.15, 0.2) is 18.2 Å². The molecule has 6 heteroatoms. The van der Waals surface area contributed by atoms with Crippen molar-refractivity contribution in [3.05, 3.63) is 29.8 Å². The molecule has 0 heterocycles. The molecule has 18 heavy (non-hydrogen) atoms. The molecule has 0 aromatic heterocycles. The first-order valence-corrected chi connectivity index (χ1v) is 5.79. The molecule has 0 saturated carbocycles. The van der Waals surface area contributed by atoms with Crippen LogP contribution in [0, 0.1) is 17.0 Å². The summed E-state index contributed by atoms with van der Waals surface area (Å²) in [5, 5.41) is 2.19. The third-order valence-corrected chi connectivity index (χ3v) is 3.40. The lowest BCUT2D eigenvalue weighted by molar-refractivity contribution is -0.121.